The van der Waals surface area contributed by atoms with Crippen LogP contribution in [0.4, 0.5) is 11.4 Å². The molecule has 0 aliphatic heterocycles. The van der Waals surface area contributed by atoms with E-state index in [1.54, 1.807) is 81.7 Å². The quantitative estimate of drug-likeness (QED) is 0.181. The minimum absolute atomic E-state index is 0.140. The molecular formula is C40H42N4O6. The van der Waals surface area contributed by atoms with Crippen molar-refractivity contribution in [1.82, 2.24) is 10.6 Å². The van der Waals surface area contributed by atoms with Gasteiger partial charge in [0.1, 0.15) is 23.1 Å². The maximum atomic E-state index is 14.0. The fraction of sp³-hybridized carbons (Fsp3) is 0.250. The highest BCUT2D eigenvalue weighted by Gasteiger charge is 2.62. The Bertz CT molecular complexity index is 1810. The lowest BCUT2D eigenvalue weighted by molar-refractivity contribution is -0.128. The van der Waals surface area contributed by atoms with Gasteiger partial charge in [-0.25, -0.2) is 0 Å². The van der Waals surface area contributed by atoms with Crippen LogP contribution in [0.15, 0.2) is 121 Å². The number of carbonyl (C=O) groups excluding carboxylic acids is 4. The predicted octanol–water partition coefficient (Wildman–Crippen LogP) is 5.05. The van der Waals surface area contributed by atoms with E-state index >= 15 is 0 Å². The lowest BCUT2D eigenvalue weighted by atomic mass is 10.0. The molecule has 258 valence electrons. The zero-order valence-corrected chi connectivity index (χ0v) is 28.7. The van der Waals surface area contributed by atoms with Crippen molar-refractivity contribution in [2.45, 2.75) is 36.8 Å². The van der Waals surface area contributed by atoms with E-state index in [-0.39, 0.29) is 30.6 Å². The monoisotopic (exact) mass is 674 g/mol. The van der Waals surface area contributed by atoms with Gasteiger partial charge in [-0.05, 0) is 72.2 Å². The Morgan fingerprint density at radius 2 is 1.32 bits per heavy atom. The fourth-order valence-electron chi connectivity index (χ4n) is 6.01. The normalized spacial score (nSPS) is 16.9. The highest BCUT2D eigenvalue weighted by molar-refractivity contribution is 6.06. The summed E-state index contributed by atoms with van der Waals surface area (Å²) in [6, 6.07) is 32.3. The van der Waals surface area contributed by atoms with Crippen LogP contribution in [-0.2, 0) is 25.6 Å². The molecule has 0 saturated heterocycles. The van der Waals surface area contributed by atoms with Gasteiger partial charge in [-0.1, -0.05) is 66.7 Å². The van der Waals surface area contributed by atoms with Crippen molar-refractivity contribution in [1.29, 1.82) is 0 Å². The molecule has 50 heavy (non-hydrogen) atoms. The summed E-state index contributed by atoms with van der Waals surface area (Å²) in [5.74, 6) is -0.346. The van der Waals surface area contributed by atoms with Gasteiger partial charge in [0.2, 0.25) is 17.7 Å². The average Bonchev–Trinajstić information content (AvgIpc) is 3.88. The summed E-state index contributed by atoms with van der Waals surface area (Å²) in [6.07, 6.45) is 3.26. The molecule has 0 radical (unpaired) electrons. The van der Waals surface area contributed by atoms with E-state index in [0.717, 1.165) is 11.1 Å². The van der Waals surface area contributed by atoms with Crippen LogP contribution in [0.1, 0.15) is 29.9 Å². The standard InChI is InChI=1S/C40H42N4O6/c1-43(30-18-22-32(49-3)23-19-30)38(47)35(26-28-12-7-5-8-13-28)41-36(45)16-11-17-37(46)42-40(27-34(40)29-14-9-6-10-15-29)39(48)44(2)31-20-24-33(50-4)25-21-31/h5-16,18-25,34-35H,17,26-27H2,1-4H3,(H,41,45)(H,42,46)/b16-11+/t34?,35-,40+/m0/s1. The second kappa shape index (κ2) is 16.0. The summed E-state index contributed by atoms with van der Waals surface area (Å²) in [5.41, 5.74) is 2.00. The molecule has 5 rings (SSSR count). The van der Waals surface area contributed by atoms with Crippen LogP contribution in [-0.4, -0.2) is 63.5 Å². The summed E-state index contributed by atoms with van der Waals surface area (Å²) in [5, 5.41) is 5.81. The Balaban J connectivity index is 1.26. The first-order chi connectivity index (χ1) is 24.1. The molecule has 2 N–H and O–H groups in total. The molecule has 1 saturated carbocycles. The van der Waals surface area contributed by atoms with Gasteiger partial charge in [0.15, 0.2) is 0 Å². The molecule has 1 unspecified atom stereocenters. The molecule has 1 aliphatic carbocycles. The van der Waals surface area contributed by atoms with Crippen LogP contribution in [0.2, 0.25) is 0 Å². The number of hydrogen-bond donors (Lipinski definition) is 2. The van der Waals surface area contributed by atoms with E-state index in [1.807, 2.05) is 60.7 Å². The number of nitrogens with one attached hydrogen (secondary N) is 2. The molecule has 1 aliphatic rings. The SMILES string of the molecule is COc1ccc(N(C)C(=O)[C@H](Cc2ccccc2)NC(=O)/C=C/CC(=O)N[C@]2(C(=O)N(C)c3ccc(OC)cc3)CC2c2ccccc2)cc1. The number of hydrogen-bond acceptors (Lipinski definition) is 6. The third-order valence-corrected chi connectivity index (χ3v) is 8.93. The number of anilines is 2. The molecule has 0 heterocycles. The van der Waals surface area contributed by atoms with Gasteiger partial charge < -0.3 is 29.9 Å². The molecule has 4 amide bonds. The summed E-state index contributed by atoms with van der Waals surface area (Å²) in [7, 11) is 6.48. The summed E-state index contributed by atoms with van der Waals surface area (Å²) < 4.78 is 10.5. The van der Waals surface area contributed by atoms with Crippen molar-refractivity contribution < 1.29 is 28.7 Å². The molecule has 3 atom stereocenters. The van der Waals surface area contributed by atoms with E-state index in [0.29, 0.717) is 29.3 Å². The molecule has 4 aromatic rings. The first-order valence-electron chi connectivity index (χ1n) is 16.4. The van der Waals surface area contributed by atoms with Crippen LogP contribution in [0.3, 0.4) is 0 Å². The second-order valence-electron chi connectivity index (χ2n) is 12.2. The maximum absolute atomic E-state index is 14.0. The topological polar surface area (TPSA) is 117 Å². The zero-order chi connectivity index (χ0) is 35.7. The number of ether oxygens (including phenoxy) is 2. The van der Waals surface area contributed by atoms with Crippen molar-refractivity contribution in [2.24, 2.45) is 0 Å². The Labute approximate surface area is 292 Å². The second-order valence-corrected chi connectivity index (χ2v) is 12.2. The van der Waals surface area contributed by atoms with Crippen LogP contribution in [0.5, 0.6) is 11.5 Å². The summed E-state index contributed by atoms with van der Waals surface area (Å²) in [6.45, 7) is 0. The van der Waals surface area contributed by atoms with Gasteiger partial charge in [0.05, 0.1) is 14.2 Å². The number of nitrogens with zero attached hydrogens (tertiary/aromatic N) is 2. The lowest BCUT2D eigenvalue weighted by Gasteiger charge is -2.26. The first kappa shape index (κ1) is 35.4. The van der Waals surface area contributed by atoms with Crippen molar-refractivity contribution in [3.8, 4) is 11.5 Å². The zero-order valence-electron chi connectivity index (χ0n) is 28.7. The highest BCUT2D eigenvalue weighted by atomic mass is 16.5. The molecule has 0 aromatic heterocycles. The van der Waals surface area contributed by atoms with Crippen molar-refractivity contribution >= 4 is 35.0 Å². The van der Waals surface area contributed by atoms with Gasteiger partial charge in [0.25, 0.3) is 5.91 Å². The van der Waals surface area contributed by atoms with Crippen LogP contribution >= 0.6 is 0 Å². The largest absolute Gasteiger partial charge is 0.497 e. The molecular weight excluding hydrogens is 632 g/mol. The Kier molecular flexibility index (Phi) is 11.3. The fourth-order valence-corrected chi connectivity index (χ4v) is 6.01. The Morgan fingerprint density at radius 3 is 1.88 bits per heavy atom. The van der Waals surface area contributed by atoms with E-state index in [1.165, 1.54) is 17.1 Å². The Hall–Kier alpha value is -5.90. The van der Waals surface area contributed by atoms with E-state index in [2.05, 4.69) is 10.6 Å². The molecule has 10 nitrogen and oxygen atoms in total. The van der Waals surface area contributed by atoms with Gasteiger partial charge in [-0.2, -0.15) is 0 Å². The molecule has 1 fully saturated rings. The van der Waals surface area contributed by atoms with Gasteiger partial charge >= 0.3 is 0 Å². The van der Waals surface area contributed by atoms with E-state index in [4.69, 9.17) is 9.47 Å². The highest BCUT2D eigenvalue weighted by Crippen LogP contribution is 2.52. The number of amides is 4. The number of methoxy groups -OCH3 is 2. The number of benzene rings is 4. The van der Waals surface area contributed by atoms with Gasteiger partial charge in [0, 0.05) is 44.2 Å². The van der Waals surface area contributed by atoms with E-state index in [9.17, 15) is 19.2 Å². The van der Waals surface area contributed by atoms with Crippen LogP contribution in [0.25, 0.3) is 0 Å². The van der Waals surface area contributed by atoms with Crippen molar-refractivity contribution in [2.75, 3.05) is 38.1 Å². The smallest absolute Gasteiger partial charge is 0.253 e. The van der Waals surface area contributed by atoms with Crippen molar-refractivity contribution in [3.63, 3.8) is 0 Å². The molecule has 0 spiro atoms. The van der Waals surface area contributed by atoms with Gasteiger partial charge in [-0.15, -0.1) is 0 Å². The maximum Gasteiger partial charge on any atom is 0.253 e. The third kappa shape index (κ3) is 8.38. The summed E-state index contributed by atoms with van der Waals surface area (Å²) >= 11 is 0. The number of carbonyl (C=O) groups is 4. The minimum Gasteiger partial charge on any atom is -0.497 e. The minimum atomic E-state index is -1.14. The number of likely N-dealkylation sites (N-methyl/N-ethyl adjacent to an activating group) is 2. The average molecular weight is 675 g/mol. The Morgan fingerprint density at radius 1 is 0.780 bits per heavy atom. The predicted molar refractivity (Wildman–Crippen MR) is 193 cm³/mol. The lowest BCUT2D eigenvalue weighted by Crippen LogP contribution is -2.51. The van der Waals surface area contributed by atoms with Crippen LogP contribution in [0, 0.1) is 0 Å². The number of rotatable bonds is 14. The molecule has 0 bridgehead atoms. The van der Waals surface area contributed by atoms with Crippen LogP contribution < -0.4 is 29.9 Å². The molecule has 10 heteroatoms. The third-order valence-electron chi connectivity index (χ3n) is 8.93. The van der Waals surface area contributed by atoms with Gasteiger partial charge in [-0.3, -0.25) is 19.2 Å². The van der Waals surface area contributed by atoms with Crippen molar-refractivity contribution in [3.05, 3.63) is 132 Å². The van der Waals surface area contributed by atoms with E-state index < -0.39 is 23.4 Å². The summed E-state index contributed by atoms with van der Waals surface area (Å²) in [4.78, 5) is 57.1. The molecule has 4 aromatic carbocycles. The first-order valence-corrected chi connectivity index (χ1v) is 16.4.